The zero-order valence-corrected chi connectivity index (χ0v) is 9.23. The Bertz CT molecular complexity index is 529. The van der Waals surface area contributed by atoms with E-state index in [0.29, 0.717) is 16.9 Å². The third kappa shape index (κ3) is 2.57. The molecule has 17 heavy (non-hydrogen) atoms. The fourth-order valence-corrected chi connectivity index (χ4v) is 1.37. The van der Waals surface area contributed by atoms with E-state index in [2.05, 4.69) is 15.5 Å². The second-order valence-electron chi connectivity index (χ2n) is 3.55. The van der Waals surface area contributed by atoms with Crippen molar-refractivity contribution in [2.75, 3.05) is 5.32 Å². The molecule has 0 saturated heterocycles. The molecule has 0 radical (unpaired) electrons. The fraction of sp³-hybridized carbons (Fsp3) is 0.0833. The van der Waals surface area contributed by atoms with Gasteiger partial charge in [0.15, 0.2) is 11.6 Å². The summed E-state index contributed by atoms with van der Waals surface area (Å²) >= 11 is 0. The van der Waals surface area contributed by atoms with E-state index in [1.807, 2.05) is 0 Å². The van der Waals surface area contributed by atoms with Gasteiger partial charge >= 0.3 is 0 Å². The van der Waals surface area contributed by atoms with Crippen LogP contribution in [0.5, 0.6) is 0 Å². The molecular weight excluding hydrogens is 218 g/mol. The van der Waals surface area contributed by atoms with Crippen LogP contribution in [-0.4, -0.2) is 21.9 Å². The Morgan fingerprint density at radius 1 is 1.12 bits per heavy atom. The summed E-state index contributed by atoms with van der Waals surface area (Å²) in [5, 5.41) is 9.04. The SMILES string of the molecule is CC(=O)c1ccc(C(=O)Nc2cc[nH]n2)cc1. The highest BCUT2D eigenvalue weighted by atomic mass is 16.1. The number of hydrogen-bond acceptors (Lipinski definition) is 3. The van der Waals surface area contributed by atoms with Gasteiger partial charge in [-0.15, -0.1) is 0 Å². The minimum atomic E-state index is -0.257. The van der Waals surface area contributed by atoms with Crippen molar-refractivity contribution in [3.63, 3.8) is 0 Å². The first-order valence-electron chi connectivity index (χ1n) is 5.09. The number of carbonyl (C=O) groups is 2. The molecule has 1 aromatic heterocycles. The predicted molar refractivity (Wildman–Crippen MR) is 63.0 cm³/mol. The van der Waals surface area contributed by atoms with Crippen molar-refractivity contribution in [2.24, 2.45) is 0 Å². The third-order valence-corrected chi connectivity index (χ3v) is 2.30. The quantitative estimate of drug-likeness (QED) is 0.789. The first kappa shape index (κ1) is 11.1. The van der Waals surface area contributed by atoms with Crippen molar-refractivity contribution in [2.45, 2.75) is 6.92 Å². The normalized spacial score (nSPS) is 9.94. The molecule has 0 atom stereocenters. The number of ketones is 1. The summed E-state index contributed by atoms with van der Waals surface area (Å²) in [6.07, 6.45) is 1.62. The molecule has 5 heteroatoms. The number of rotatable bonds is 3. The van der Waals surface area contributed by atoms with Crippen LogP contribution in [0.15, 0.2) is 36.5 Å². The maximum Gasteiger partial charge on any atom is 0.256 e. The number of nitrogens with zero attached hydrogens (tertiary/aromatic N) is 1. The van der Waals surface area contributed by atoms with E-state index in [9.17, 15) is 9.59 Å². The number of carbonyl (C=O) groups excluding carboxylic acids is 2. The van der Waals surface area contributed by atoms with Gasteiger partial charge < -0.3 is 5.32 Å². The zero-order valence-electron chi connectivity index (χ0n) is 9.23. The van der Waals surface area contributed by atoms with E-state index in [-0.39, 0.29) is 11.7 Å². The van der Waals surface area contributed by atoms with Gasteiger partial charge in [-0.2, -0.15) is 5.10 Å². The molecule has 0 saturated carbocycles. The van der Waals surface area contributed by atoms with Crippen LogP contribution in [0.4, 0.5) is 5.82 Å². The highest BCUT2D eigenvalue weighted by molar-refractivity contribution is 6.04. The van der Waals surface area contributed by atoms with E-state index in [0.717, 1.165) is 0 Å². The van der Waals surface area contributed by atoms with Crippen LogP contribution in [0.3, 0.4) is 0 Å². The number of aromatic amines is 1. The van der Waals surface area contributed by atoms with E-state index in [4.69, 9.17) is 0 Å². The van der Waals surface area contributed by atoms with Gasteiger partial charge in [0.25, 0.3) is 5.91 Å². The molecule has 2 N–H and O–H groups in total. The molecule has 1 heterocycles. The summed E-state index contributed by atoms with van der Waals surface area (Å²) < 4.78 is 0. The lowest BCUT2D eigenvalue weighted by Crippen LogP contribution is -2.12. The molecule has 0 unspecified atom stereocenters. The lowest BCUT2D eigenvalue weighted by molar-refractivity contribution is 0.100. The Kier molecular flexibility index (Phi) is 3.00. The molecule has 0 aliphatic heterocycles. The molecular formula is C12H11N3O2. The molecule has 0 fully saturated rings. The van der Waals surface area contributed by atoms with E-state index in [1.165, 1.54) is 6.92 Å². The maximum atomic E-state index is 11.7. The van der Waals surface area contributed by atoms with Gasteiger partial charge in [-0.25, -0.2) is 0 Å². The Labute approximate surface area is 97.9 Å². The lowest BCUT2D eigenvalue weighted by atomic mass is 10.1. The molecule has 0 spiro atoms. The minimum absolute atomic E-state index is 0.0238. The van der Waals surface area contributed by atoms with Crippen LogP contribution >= 0.6 is 0 Å². The standard InChI is InChI=1S/C12H11N3O2/c1-8(16)9-2-4-10(5-3-9)12(17)14-11-6-7-13-15-11/h2-7H,1H3,(H2,13,14,15,17). The first-order valence-corrected chi connectivity index (χ1v) is 5.09. The van der Waals surface area contributed by atoms with E-state index in [1.54, 1.807) is 36.5 Å². The summed E-state index contributed by atoms with van der Waals surface area (Å²) in [6, 6.07) is 8.13. The fourth-order valence-electron chi connectivity index (χ4n) is 1.37. The first-order chi connectivity index (χ1) is 8.16. The molecule has 86 valence electrons. The average Bonchev–Trinajstić information content (AvgIpc) is 2.82. The van der Waals surface area contributed by atoms with Crippen LogP contribution < -0.4 is 5.32 Å². The van der Waals surface area contributed by atoms with Gasteiger partial charge in [0, 0.05) is 23.4 Å². The summed E-state index contributed by atoms with van der Waals surface area (Å²) in [5.74, 6) is 0.183. The molecule has 5 nitrogen and oxygen atoms in total. The van der Waals surface area contributed by atoms with Gasteiger partial charge in [0.05, 0.1) is 0 Å². The van der Waals surface area contributed by atoms with Crippen molar-refractivity contribution in [3.8, 4) is 0 Å². The Morgan fingerprint density at radius 3 is 2.29 bits per heavy atom. The van der Waals surface area contributed by atoms with Gasteiger partial charge in [-0.05, 0) is 19.1 Å². The molecule has 2 aromatic rings. The van der Waals surface area contributed by atoms with Crippen molar-refractivity contribution in [1.29, 1.82) is 0 Å². The Balaban J connectivity index is 2.12. The summed E-state index contributed by atoms with van der Waals surface area (Å²) in [5.41, 5.74) is 1.07. The number of H-pyrrole nitrogens is 1. The number of anilines is 1. The van der Waals surface area contributed by atoms with Crippen LogP contribution in [0.1, 0.15) is 27.6 Å². The highest BCUT2D eigenvalue weighted by Crippen LogP contribution is 2.08. The molecule has 0 aliphatic carbocycles. The Morgan fingerprint density at radius 2 is 1.76 bits per heavy atom. The monoisotopic (exact) mass is 229 g/mol. The molecule has 0 aliphatic rings. The average molecular weight is 229 g/mol. The van der Waals surface area contributed by atoms with E-state index >= 15 is 0 Å². The van der Waals surface area contributed by atoms with Crippen LogP contribution in [0.25, 0.3) is 0 Å². The molecule has 1 amide bonds. The largest absolute Gasteiger partial charge is 0.305 e. The predicted octanol–water partition coefficient (Wildman–Crippen LogP) is 1.86. The molecule has 2 rings (SSSR count). The number of hydrogen-bond donors (Lipinski definition) is 2. The minimum Gasteiger partial charge on any atom is -0.305 e. The number of benzene rings is 1. The van der Waals surface area contributed by atoms with Crippen LogP contribution in [-0.2, 0) is 0 Å². The summed E-state index contributed by atoms with van der Waals surface area (Å²) in [7, 11) is 0. The second-order valence-corrected chi connectivity index (χ2v) is 3.55. The van der Waals surface area contributed by atoms with Crippen molar-refractivity contribution in [3.05, 3.63) is 47.7 Å². The topological polar surface area (TPSA) is 74.8 Å². The third-order valence-electron chi connectivity index (χ3n) is 2.30. The maximum absolute atomic E-state index is 11.7. The Hall–Kier alpha value is -2.43. The molecule has 0 bridgehead atoms. The molecule has 1 aromatic carbocycles. The van der Waals surface area contributed by atoms with Crippen LogP contribution in [0, 0.1) is 0 Å². The van der Waals surface area contributed by atoms with Gasteiger partial charge in [0.2, 0.25) is 0 Å². The van der Waals surface area contributed by atoms with Crippen molar-refractivity contribution in [1.82, 2.24) is 10.2 Å². The number of aromatic nitrogens is 2. The zero-order chi connectivity index (χ0) is 12.3. The smallest absolute Gasteiger partial charge is 0.256 e. The van der Waals surface area contributed by atoms with Gasteiger partial charge in [-0.1, -0.05) is 12.1 Å². The van der Waals surface area contributed by atoms with Crippen molar-refractivity contribution < 1.29 is 9.59 Å². The number of Topliss-reactive ketones (excluding diaryl/α,β-unsaturated/α-hetero) is 1. The number of amides is 1. The summed E-state index contributed by atoms with van der Waals surface area (Å²) in [6.45, 7) is 1.48. The van der Waals surface area contributed by atoms with Crippen LogP contribution in [0.2, 0.25) is 0 Å². The lowest BCUT2D eigenvalue weighted by Gasteiger charge is -2.02. The van der Waals surface area contributed by atoms with Gasteiger partial charge in [-0.3, -0.25) is 14.7 Å². The second kappa shape index (κ2) is 4.61. The number of nitrogens with one attached hydrogen (secondary N) is 2. The summed E-state index contributed by atoms with van der Waals surface area (Å²) in [4.78, 5) is 22.8. The van der Waals surface area contributed by atoms with E-state index < -0.39 is 0 Å². The van der Waals surface area contributed by atoms with Crippen molar-refractivity contribution >= 4 is 17.5 Å². The van der Waals surface area contributed by atoms with Gasteiger partial charge in [0.1, 0.15) is 0 Å². The highest BCUT2D eigenvalue weighted by Gasteiger charge is 2.07.